The highest BCUT2D eigenvalue weighted by Crippen LogP contribution is 2.21. The van der Waals surface area contributed by atoms with Crippen molar-refractivity contribution in [2.75, 3.05) is 6.61 Å². The second-order valence-electron chi connectivity index (χ2n) is 3.89. The Bertz CT molecular complexity index is 363. The molecule has 0 bridgehead atoms. The number of ether oxygens (including phenoxy) is 1. The third-order valence-corrected chi connectivity index (χ3v) is 2.56. The molecule has 1 rings (SSSR count). The lowest BCUT2D eigenvalue weighted by atomic mass is 9.95. The second-order valence-corrected chi connectivity index (χ2v) is 4.29. The lowest BCUT2D eigenvalue weighted by Gasteiger charge is -2.15. The van der Waals surface area contributed by atoms with Gasteiger partial charge in [0.05, 0.1) is 6.61 Å². The molecule has 1 atom stereocenters. The predicted molar refractivity (Wildman–Crippen MR) is 67.1 cm³/mol. The molecule has 0 heterocycles. The fourth-order valence-corrected chi connectivity index (χ4v) is 1.66. The number of hydrogen-bond acceptors (Lipinski definition) is 2. The Balaban J connectivity index is 2.76. The molecule has 1 aromatic rings. The van der Waals surface area contributed by atoms with Crippen molar-refractivity contribution >= 4 is 17.4 Å². The van der Waals surface area contributed by atoms with Crippen molar-refractivity contribution < 1.29 is 4.74 Å². The summed E-state index contributed by atoms with van der Waals surface area (Å²) < 4.78 is 5.16. The number of rotatable bonds is 3. The Kier molecular flexibility index (Phi) is 4.09. The summed E-state index contributed by atoms with van der Waals surface area (Å²) in [4.78, 5) is 0. The molecule has 0 saturated carbocycles. The van der Waals surface area contributed by atoms with Crippen LogP contribution in [0.5, 0.6) is 0 Å². The van der Waals surface area contributed by atoms with Gasteiger partial charge in [0.2, 0.25) is 0 Å². The minimum Gasteiger partial charge on any atom is -0.471 e. The maximum atomic E-state index is 5.30. The Morgan fingerprint density at radius 3 is 2.73 bits per heavy atom. The van der Waals surface area contributed by atoms with Gasteiger partial charge in [0, 0.05) is 5.92 Å². The highest BCUT2D eigenvalue weighted by atomic mass is 32.1. The molecule has 0 amide bonds. The number of aryl methyl sites for hydroxylation is 2. The topological polar surface area (TPSA) is 35.2 Å². The monoisotopic (exact) mass is 223 g/mol. The van der Waals surface area contributed by atoms with Gasteiger partial charge in [-0.25, -0.2) is 0 Å². The van der Waals surface area contributed by atoms with E-state index in [2.05, 4.69) is 51.2 Å². The molecule has 0 aliphatic rings. The Morgan fingerprint density at radius 1 is 1.47 bits per heavy atom. The number of hydrogen-bond donors (Lipinski definition) is 1. The third kappa shape index (κ3) is 3.51. The third-order valence-electron chi connectivity index (χ3n) is 2.44. The van der Waals surface area contributed by atoms with Gasteiger partial charge >= 0.3 is 0 Å². The molecule has 2 nitrogen and oxygen atoms in total. The van der Waals surface area contributed by atoms with Gasteiger partial charge in [-0.05, 0) is 37.2 Å². The number of benzene rings is 1. The fraction of sp³-hybridized carbons (Fsp3) is 0.417. The zero-order chi connectivity index (χ0) is 11.4. The highest BCUT2D eigenvalue weighted by molar-refractivity contribution is 7.80. The van der Waals surface area contributed by atoms with Gasteiger partial charge in [-0.3, -0.25) is 0 Å². The number of thiocarbonyl (C=S) groups is 1. The average molecular weight is 223 g/mol. The SMILES string of the molecule is Cc1ccc(C)c(C(C)COC(N)=S)c1. The maximum Gasteiger partial charge on any atom is 0.253 e. The molecule has 2 N–H and O–H groups in total. The molecule has 15 heavy (non-hydrogen) atoms. The van der Waals surface area contributed by atoms with Crippen molar-refractivity contribution in [1.29, 1.82) is 0 Å². The van der Waals surface area contributed by atoms with Crippen LogP contribution < -0.4 is 5.73 Å². The summed E-state index contributed by atoms with van der Waals surface area (Å²) in [5.41, 5.74) is 9.13. The van der Waals surface area contributed by atoms with Crippen LogP contribution >= 0.6 is 12.2 Å². The second kappa shape index (κ2) is 5.12. The molecule has 82 valence electrons. The van der Waals surface area contributed by atoms with Crippen molar-refractivity contribution in [2.24, 2.45) is 5.73 Å². The quantitative estimate of drug-likeness (QED) is 0.800. The Hall–Kier alpha value is -1.09. The van der Waals surface area contributed by atoms with E-state index < -0.39 is 0 Å². The predicted octanol–water partition coefficient (Wildman–Crippen LogP) is 2.67. The smallest absolute Gasteiger partial charge is 0.253 e. The lowest BCUT2D eigenvalue weighted by molar-refractivity contribution is 0.286. The minimum absolute atomic E-state index is 0.118. The Labute approximate surface area is 96.4 Å². The summed E-state index contributed by atoms with van der Waals surface area (Å²) >= 11 is 4.68. The summed E-state index contributed by atoms with van der Waals surface area (Å²) in [5, 5.41) is 0.118. The van der Waals surface area contributed by atoms with E-state index in [1.165, 1.54) is 16.7 Å². The molecule has 1 unspecified atom stereocenters. The van der Waals surface area contributed by atoms with E-state index in [0.29, 0.717) is 12.5 Å². The van der Waals surface area contributed by atoms with Crippen LogP contribution in [0.15, 0.2) is 18.2 Å². The first-order valence-corrected chi connectivity index (χ1v) is 5.41. The van der Waals surface area contributed by atoms with Gasteiger partial charge < -0.3 is 10.5 Å². The summed E-state index contributed by atoms with van der Waals surface area (Å²) in [7, 11) is 0. The summed E-state index contributed by atoms with van der Waals surface area (Å²) in [5.74, 6) is 0.311. The van der Waals surface area contributed by atoms with E-state index in [1.807, 2.05) is 0 Å². The lowest BCUT2D eigenvalue weighted by Crippen LogP contribution is -2.16. The van der Waals surface area contributed by atoms with Crippen LogP contribution in [0, 0.1) is 13.8 Å². The van der Waals surface area contributed by atoms with E-state index in [4.69, 9.17) is 10.5 Å². The molecule has 3 heteroatoms. The maximum absolute atomic E-state index is 5.30. The molecule has 0 aliphatic heterocycles. The van der Waals surface area contributed by atoms with E-state index in [-0.39, 0.29) is 5.17 Å². The van der Waals surface area contributed by atoms with Gasteiger partial charge in [-0.2, -0.15) is 0 Å². The average Bonchev–Trinajstić information content (AvgIpc) is 2.18. The van der Waals surface area contributed by atoms with Crippen molar-refractivity contribution in [1.82, 2.24) is 0 Å². The van der Waals surface area contributed by atoms with Crippen LogP contribution in [0.25, 0.3) is 0 Å². The van der Waals surface area contributed by atoms with Crippen molar-refractivity contribution in [2.45, 2.75) is 26.7 Å². The van der Waals surface area contributed by atoms with Gasteiger partial charge in [-0.1, -0.05) is 30.7 Å². The van der Waals surface area contributed by atoms with E-state index in [0.717, 1.165) is 0 Å². The molecule has 0 spiro atoms. The first-order valence-electron chi connectivity index (χ1n) is 5.00. The zero-order valence-electron chi connectivity index (χ0n) is 9.41. The fourth-order valence-electron chi connectivity index (χ4n) is 1.59. The van der Waals surface area contributed by atoms with Crippen molar-refractivity contribution in [3.05, 3.63) is 34.9 Å². The van der Waals surface area contributed by atoms with E-state index in [9.17, 15) is 0 Å². The molecular weight excluding hydrogens is 206 g/mol. The van der Waals surface area contributed by atoms with Crippen LogP contribution in [0.2, 0.25) is 0 Å². The largest absolute Gasteiger partial charge is 0.471 e. The van der Waals surface area contributed by atoms with Crippen LogP contribution in [-0.2, 0) is 4.74 Å². The molecule has 1 aromatic carbocycles. The van der Waals surface area contributed by atoms with Gasteiger partial charge in [0.15, 0.2) is 0 Å². The molecule has 0 fully saturated rings. The Morgan fingerprint density at radius 2 is 2.13 bits per heavy atom. The summed E-state index contributed by atoms with van der Waals surface area (Å²) in [6, 6.07) is 6.42. The van der Waals surface area contributed by atoms with Crippen LogP contribution in [-0.4, -0.2) is 11.8 Å². The van der Waals surface area contributed by atoms with Crippen LogP contribution in [0.1, 0.15) is 29.5 Å². The van der Waals surface area contributed by atoms with Crippen molar-refractivity contribution in [3.63, 3.8) is 0 Å². The van der Waals surface area contributed by atoms with Crippen molar-refractivity contribution in [3.8, 4) is 0 Å². The van der Waals surface area contributed by atoms with Crippen LogP contribution in [0.3, 0.4) is 0 Å². The molecule has 0 aliphatic carbocycles. The van der Waals surface area contributed by atoms with Crippen LogP contribution in [0.4, 0.5) is 0 Å². The van der Waals surface area contributed by atoms with Gasteiger partial charge in [0.25, 0.3) is 5.17 Å². The molecular formula is C12H17NOS. The number of nitrogens with two attached hydrogens (primary N) is 1. The minimum atomic E-state index is 0.118. The van der Waals surface area contributed by atoms with Gasteiger partial charge in [-0.15, -0.1) is 0 Å². The first kappa shape index (κ1) is 12.0. The van der Waals surface area contributed by atoms with Gasteiger partial charge in [0.1, 0.15) is 0 Å². The summed E-state index contributed by atoms with van der Waals surface area (Å²) in [6.07, 6.45) is 0. The first-order chi connectivity index (χ1) is 7.00. The summed E-state index contributed by atoms with van der Waals surface area (Å²) in [6.45, 7) is 6.84. The molecule has 0 aromatic heterocycles. The standard InChI is InChI=1S/C12H17NOS/c1-8-4-5-9(2)11(6-8)10(3)7-14-12(13)15/h4-6,10H,7H2,1-3H3,(H2,13,15). The van der Waals surface area contributed by atoms with E-state index >= 15 is 0 Å². The highest BCUT2D eigenvalue weighted by Gasteiger charge is 2.09. The zero-order valence-corrected chi connectivity index (χ0v) is 10.2. The molecule has 0 saturated heterocycles. The molecule has 0 radical (unpaired) electrons. The normalized spacial score (nSPS) is 12.2. The van der Waals surface area contributed by atoms with E-state index in [1.54, 1.807) is 0 Å².